The minimum absolute atomic E-state index is 0.0355. The van der Waals surface area contributed by atoms with E-state index in [0.717, 1.165) is 16.7 Å². The summed E-state index contributed by atoms with van der Waals surface area (Å²) in [6.45, 7) is 13.8. The fourth-order valence-electron chi connectivity index (χ4n) is 4.47. The zero-order chi connectivity index (χ0) is 24.1. The second-order valence-corrected chi connectivity index (χ2v) is 11.9. The normalized spacial score (nSPS) is 20.4. The van der Waals surface area contributed by atoms with Crippen LogP contribution in [0.1, 0.15) is 94.7 Å². The summed E-state index contributed by atoms with van der Waals surface area (Å²) in [5.74, 6) is 0.252. The number of fused-ring (bicyclic) bond motifs is 1. The molecular weight excluding hydrogens is 426 g/mol. The number of sulfonamides is 1. The average Bonchev–Trinajstić information content (AvgIpc) is 3.11. The third kappa shape index (κ3) is 4.37. The average molecular weight is 462 g/mol. The van der Waals surface area contributed by atoms with Gasteiger partial charge in [0.2, 0.25) is 11.0 Å². The third-order valence-electron chi connectivity index (χ3n) is 6.95. The smallest absolute Gasteiger partial charge is 0.297 e. The number of aryl methyl sites for hydroxylation is 1. The number of amides is 1. The van der Waals surface area contributed by atoms with Crippen LogP contribution in [0.5, 0.6) is 0 Å². The number of hydrogen-bond acceptors (Lipinski definition) is 5. The Hall–Kier alpha value is -2.12. The lowest BCUT2D eigenvalue weighted by Crippen LogP contribution is -2.42. The minimum atomic E-state index is -4.20. The van der Waals surface area contributed by atoms with Crippen LogP contribution in [-0.4, -0.2) is 19.4 Å². The van der Waals surface area contributed by atoms with E-state index in [-0.39, 0.29) is 23.3 Å². The highest BCUT2D eigenvalue weighted by Gasteiger charge is 2.47. The van der Waals surface area contributed by atoms with Gasteiger partial charge in [-0.05, 0) is 47.3 Å². The second kappa shape index (κ2) is 8.34. The van der Waals surface area contributed by atoms with E-state index in [1.165, 1.54) is 6.07 Å². The molecule has 0 fully saturated rings. The van der Waals surface area contributed by atoms with E-state index < -0.39 is 26.9 Å². The number of aliphatic hydroxyl groups is 1. The maximum atomic E-state index is 13.0. The van der Waals surface area contributed by atoms with E-state index in [1.54, 1.807) is 6.92 Å². The van der Waals surface area contributed by atoms with Gasteiger partial charge in [0.15, 0.2) is 0 Å². The molecule has 0 saturated heterocycles. The highest BCUT2D eigenvalue weighted by molar-refractivity contribution is 7.89. The van der Waals surface area contributed by atoms with Crippen LogP contribution in [0.3, 0.4) is 0 Å². The van der Waals surface area contributed by atoms with Crippen molar-refractivity contribution in [1.82, 2.24) is 4.72 Å². The van der Waals surface area contributed by atoms with Gasteiger partial charge in [0.05, 0.1) is 12.0 Å². The van der Waals surface area contributed by atoms with Gasteiger partial charge in [-0.3, -0.25) is 4.79 Å². The van der Waals surface area contributed by atoms with Crippen molar-refractivity contribution < 1.29 is 22.7 Å². The molecule has 1 atom stereocenters. The van der Waals surface area contributed by atoms with Gasteiger partial charge in [-0.1, -0.05) is 59.7 Å². The van der Waals surface area contributed by atoms with Gasteiger partial charge < -0.3 is 9.52 Å². The fraction of sp³-hybridized carbons (Fsp3) is 0.560. The van der Waals surface area contributed by atoms with Crippen molar-refractivity contribution in [2.24, 2.45) is 5.41 Å². The number of nitrogens with one attached hydrogen (secondary N) is 1. The van der Waals surface area contributed by atoms with Gasteiger partial charge in [-0.25, -0.2) is 4.72 Å². The highest BCUT2D eigenvalue weighted by Crippen LogP contribution is 2.49. The Morgan fingerprint density at radius 1 is 1.12 bits per heavy atom. The first kappa shape index (κ1) is 24.5. The molecule has 176 valence electrons. The fourth-order valence-corrected chi connectivity index (χ4v) is 5.43. The largest absolute Gasteiger partial charge is 0.447 e. The van der Waals surface area contributed by atoms with Gasteiger partial charge in [0.25, 0.3) is 10.0 Å². The van der Waals surface area contributed by atoms with Gasteiger partial charge in [-0.2, -0.15) is 8.42 Å². The summed E-state index contributed by atoms with van der Waals surface area (Å²) in [6.07, 6.45) is 1.16. The molecule has 0 radical (unpaired) electrons. The Bertz CT molecular complexity index is 1100. The van der Waals surface area contributed by atoms with Crippen molar-refractivity contribution in [1.29, 1.82) is 0 Å². The molecule has 1 amide bonds. The summed E-state index contributed by atoms with van der Waals surface area (Å²) < 4.78 is 33.7. The van der Waals surface area contributed by atoms with E-state index in [4.69, 9.17) is 4.42 Å². The number of carbonyl (C=O) groups is 1. The Labute approximate surface area is 191 Å². The van der Waals surface area contributed by atoms with Crippen molar-refractivity contribution >= 4 is 15.9 Å². The number of furan rings is 1. The Morgan fingerprint density at radius 3 is 2.22 bits per heavy atom. The first-order chi connectivity index (χ1) is 14.7. The molecule has 0 spiro atoms. The first-order valence-corrected chi connectivity index (χ1v) is 12.7. The molecule has 2 N–H and O–H groups in total. The molecule has 0 aliphatic heterocycles. The molecule has 6 nitrogen and oxygen atoms in total. The first-order valence-electron chi connectivity index (χ1n) is 11.2. The van der Waals surface area contributed by atoms with Crippen LogP contribution in [-0.2, 0) is 33.3 Å². The van der Waals surface area contributed by atoms with Crippen molar-refractivity contribution in [3.8, 4) is 0 Å². The van der Waals surface area contributed by atoms with Crippen molar-refractivity contribution in [3.05, 3.63) is 52.3 Å². The third-order valence-corrected chi connectivity index (χ3v) is 8.18. The molecule has 2 aromatic rings. The van der Waals surface area contributed by atoms with Crippen LogP contribution in [0.15, 0.2) is 33.8 Å². The van der Waals surface area contributed by atoms with E-state index in [2.05, 4.69) is 32.4 Å². The molecule has 0 saturated carbocycles. The molecule has 32 heavy (non-hydrogen) atoms. The molecule has 1 aromatic carbocycles. The van der Waals surface area contributed by atoms with Crippen LogP contribution in [0, 0.1) is 5.41 Å². The van der Waals surface area contributed by atoms with Crippen molar-refractivity contribution in [2.75, 3.05) is 0 Å². The Balaban J connectivity index is 1.89. The lowest BCUT2D eigenvalue weighted by Gasteiger charge is -2.43. The zero-order valence-corrected chi connectivity index (χ0v) is 20.9. The van der Waals surface area contributed by atoms with E-state index in [1.807, 2.05) is 32.0 Å². The van der Waals surface area contributed by atoms with Gasteiger partial charge >= 0.3 is 0 Å². The summed E-state index contributed by atoms with van der Waals surface area (Å²) in [5, 5.41) is 10.7. The SMILES string of the molecule is CC(C)c1cccc(C(C)C)c1CC(=O)NS(=O)(=O)c1cc2c(o1)CCC(C)(C)C2(C)O. The predicted molar refractivity (Wildman–Crippen MR) is 124 cm³/mol. The van der Waals surface area contributed by atoms with E-state index in [9.17, 15) is 18.3 Å². The number of carbonyl (C=O) groups excluding carboxylic acids is 1. The summed E-state index contributed by atoms with van der Waals surface area (Å²) in [5.41, 5.74) is 1.75. The number of hydrogen-bond donors (Lipinski definition) is 2. The van der Waals surface area contributed by atoms with Gasteiger partial charge in [0.1, 0.15) is 5.76 Å². The lowest BCUT2D eigenvalue weighted by atomic mass is 9.65. The minimum Gasteiger partial charge on any atom is -0.447 e. The molecule has 7 heteroatoms. The van der Waals surface area contributed by atoms with Gasteiger partial charge in [0, 0.05) is 18.1 Å². The second-order valence-electron chi connectivity index (χ2n) is 10.3. The monoisotopic (exact) mass is 461 g/mol. The lowest BCUT2D eigenvalue weighted by molar-refractivity contribution is -0.118. The maximum absolute atomic E-state index is 13.0. The van der Waals surface area contributed by atoms with Crippen LogP contribution in [0.25, 0.3) is 0 Å². The predicted octanol–water partition coefficient (Wildman–Crippen LogP) is 4.75. The molecule has 3 rings (SSSR count). The molecule has 0 bridgehead atoms. The van der Waals surface area contributed by atoms with E-state index in [0.29, 0.717) is 24.2 Å². The standard InChI is InChI=1S/C25H35NO5S/c1-15(2)17-9-8-10-18(16(3)4)19(17)13-22(27)26-32(29,30)23-14-20-21(31-23)11-12-24(5,6)25(20,7)28/h8-10,14-16,28H,11-13H2,1-7H3,(H,26,27). The topological polar surface area (TPSA) is 96.6 Å². The zero-order valence-electron chi connectivity index (χ0n) is 20.1. The Morgan fingerprint density at radius 2 is 1.69 bits per heavy atom. The summed E-state index contributed by atoms with van der Waals surface area (Å²) in [6, 6.07) is 7.30. The molecule has 1 aliphatic carbocycles. The molecule has 1 aromatic heterocycles. The van der Waals surface area contributed by atoms with Crippen LogP contribution in [0.4, 0.5) is 0 Å². The molecule has 1 unspecified atom stereocenters. The molecular formula is C25H35NO5S. The quantitative estimate of drug-likeness (QED) is 0.647. The summed E-state index contributed by atoms with van der Waals surface area (Å²) in [4.78, 5) is 12.8. The van der Waals surface area contributed by atoms with Crippen LogP contribution in [0.2, 0.25) is 0 Å². The van der Waals surface area contributed by atoms with Crippen molar-refractivity contribution in [3.63, 3.8) is 0 Å². The Kier molecular flexibility index (Phi) is 6.39. The van der Waals surface area contributed by atoms with E-state index >= 15 is 0 Å². The molecule has 1 heterocycles. The number of rotatable bonds is 6. The highest BCUT2D eigenvalue weighted by atomic mass is 32.2. The number of benzene rings is 1. The van der Waals surface area contributed by atoms with Crippen LogP contribution >= 0.6 is 0 Å². The summed E-state index contributed by atoms with van der Waals surface area (Å²) >= 11 is 0. The summed E-state index contributed by atoms with van der Waals surface area (Å²) in [7, 11) is -4.20. The van der Waals surface area contributed by atoms with Crippen molar-refractivity contribution in [2.45, 2.75) is 90.3 Å². The van der Waals surface area contributed by atoms with Gasteiger partial charge in [-0.15, -0.1) is 0 Å². The van der Waals surface area contributed by atoms with Crippen LogP contribution < -0.4 is 4.72 Å². The maximum Gasteiger partial charge on any atom is 0.297 e. The molecule has 1 aliphatic rings.